The minimum absolute atomic E-state index is 0.0209. The van der Waals surface area contributed by atoms with Gasteiger partial charge in [-0.05, 0) is 24.8 Å². The Labute approximate surface area is 74.6 Å². The van der Waals surface area contributed by atoms with Crippen molar-refractivity contribution in [2.45, 2.75) is 33.5 Å². The molecule has 0 fully saturated rings. The second kappa shape index (κ2) is 4.51. The largest absolute Gasteiger partial charge is 0.473 e. The molecule has 0 aromatic rings. The lowest BCUT2D eigenvalue weighted by Gasteiger charge is -2.27. The van der Waals surface area contributed by atoms with Crippen LogP contribution in [0.5, 0.6) is 0 Å². The first-order valence-corrected chi connectivity index (χ1v) is 4.67. The maximum Gasteiger partial charge on any atom is 0.199 e. The molecule has 0 unspecified atom stereocenters. The highest BCUT2D eigenvalue weighted by atomic mass is 16.7. The minimum Gasteiger partial charge on any atom is -0.473 e. The maximum absolute atomic E-state index is 5.39. The monoisotopic (exact) mass is 170 g/mol. The zero-order valence-electron chi connectivity index (χ0n) is 8.12. The zero-order chi connectivity index (χ0) is 8.97. The summed E-state index contributed by atoms with van der Waals surface area (Å²) in [6, 6.07) is 0. The molecule has 12 heavy (non-hydrogen) atoms. The molecule has 2 atom stereocenters. The van der Waals surface area contributed by atoms with E-state index in [2.05, 4.69) is 19.9 Å². The Bertz CT molecular complexity index is 152. The molecule has 0 bridgehead atoms. The molecule has 1 heterocycles. The lowest BCUT2D eigenvalue weighted by atomic mass is 9.91. The van der Waals surface area contributed by atoms with Crippen LogP contribution >= 0.6 is 0 Å². The minimum atomic E-state index is -0.0209. The number of ether oxygens (including phenoxy) is 2. The summed E-state index contributed by atoms with van der Waals surface area (Å²) in [4.78, 5) is 0. The zero-order valence-corrected chi connectivity index (χ0v) is 8.12. The van der Waals surface area contributed by atoms with E-state index in [0.29, 0.717) is 11.8 Å². The maximum atomic E-state index is 5.39. The van der Waals surface area contributed by atoms with Gasteiger partial charge in [0.15, 0.2) is 6.29 Å². The molecule has 0 N–H and O–H groups in total. The van der Waals surface area contributed by atoms with E-state index in [0.717, 1.165) is 13.0 Å². The fourth-order valence-corrected chi connectivity index (χ4v) is 1.38. The standard InChI is InChI=1S/C10H18O2/c1-4-11-10-7-9(8(2)3)5-6-12-10/h5-6,8-10H,4,7H2,1-3H3/t9-,10+/m1/s1. The van der Waals surface area contributed by atoms with Crippen molar-refractivity contribution in [1.82, 2.24) is 0 Å². The van der Waals surface area contributed by atoms with Crippen molar-refractivity contribution >= 4 is 0 Å². The Morgan fingerprint density at radius 3 is 2.92 bits per heavy atom. The molecule has 2 nitrogen and oxygen atoms in total. The topological polar surface area (TPSA) is 18.5 Å². The van der Waals surface area contributed by atoms with Crippen LogP contribution in [0, 0.1) is 11.8 Å². The summed E-state index contributed by atoms with van der Waals surface area (Å²) in [7, 11) is 0. The first-order valence-electron chi connectivity index (χ1n) is 4.67. The summed E-state index contributed by atoms with van der Waals surface area (Å²) in [6.07, 6.45) is 4.86. The number of rotatable bonds is 3. The number of hydrogen-bond acceptors (Lipinski definition) is 2. The molecule has 0 saturated carbocycles. The van der Waals surface area contributed by atoms with Crippen LogP contribution < -0.4 is 0 Å². The first-order chi connectivity index (χ1) is 5.74. The number of hydrogen-bond donors (Lipinski definition) is 0. The van der Waals surface area contributed by atoms with Crippen molar-refractivity contribution in [3.8, 4) is 0 Å². The van der Waals surface area contributed by atoms with Crippen LogP contribution in [-0.2, 0) is 9.47 Å². The summed E-state index contributed by atoms with van der Waals surface area (Å²) >= 11 is 0. The van der Waals surface area contributed by atoms with Crippen LogP contribution in [0.2, 0.25) is 0 Å². The van der Waals surface area contributed by atoms with Gasteiger partial charge in [0.1, 0.15) is 0 Å². The van der Waals surface area contributed by atoms with Gasteiger partial charge in [0, 0.05) is 13.0 Å². The van der Waals surface area contributed by atoms with E-state index in [4.69, 9.17) is 9.47 Å². The molecule has 0 aromatic heterocycles. The van der Waals surface area contributed by atoms with Crippen LogP contribution in [0.1, 0.15) is 27.2 Å². The third-order valence-electron chi connectivity index (χ3n) is 2.23. The van der Waals surface area contributed by atoms with Gasteiger partial charge in [0.25, 0.3) is 0 Å². The second-order valence-electron chi connectivity index (χ2n) is 3.49. The molecule has 0 aliphatic carbocycles. The van der Waals surface area contributed by atoms with Crippen molar-refractivity contribution in [2.24, 2.45) is 11.8 Å². The second-order valence-corrected chi connectivity index (χ2v) is 3.49. The van der Waals surface area contributed by atoms with E-state index in [1.165, 1.54) is 0 Å². The van der Waals surface area contributed by atoms with Crippen LogP contribution in [0.3, 0.4) is 0 Å². The van der Waals surface area contributed by atoms with Gasteiger partial charge in [-0.1, -0.05) is 13.8 Å². The van der Waals surface area contributed by atoms with Gasteiger partial charge in [-0.3, -0.25) is 0 Å². The molecule has 0 radical (unpaired) electrons. The Balaban J connectivity index is 2.40. The van der Waals surface area contributed by atoms with Crippen LogP contribution in [0.15, 0.2) is 12.3 Å². The lowest BCUT2D eigenvalue weighted by molar-refractivity contribution is -0.121. The summed E-state index contributed by atoms with van der Waals surface area (Å²) < 4.78 is 10.7. The highest BCUT2D eigenvalue weighted by Gasteiger charge is 2.21. The average Bonchev–Trinajstić information content (AvgIpc) is 2.05. The van der Waals surface area contributed by atoms with Gasteiger partial charge in [0.05, 0.1) is 6.26 Å². The van der Waals surface area contributed by atoms with Crippen molar-refractivity contribution in [3.63, 3.8) is 0 Å². The van der Waals surface area contributed by atoms with Crippen LogP contribution in [0.4, 0.5) is 0 Å². The van der Waals surface area contributed by atoms with E-state index in [1.54, 1.807) is 6.26 Å². The molecule has 1 aliphatic rings. The molecular weight excluding hydrogens is 152 g/mol. The third-order valence-corrected chi connectivity index (χ3v) is 2.23. The number of allylic oxidation sites excluding steroid dienone is 1. The molecule has 0 spiro atoms. The van der Waals surface area contributed by atoms with E-state index in [9.17, 15) is 0 Å². The first kappa shape index (κ1) is 9.59. The SMILES string of the molecule is CCO[C@@H]1C[C@H](C(C)C)C=CO1. The third kappa shape index (κ3) is 2.52. The normalized spacial score (nSPS) is 29.0. The summed E-state index contributed by atoms with van der Waals surface area (Å²) in [5.74, 6) is 1.28. The molecule has 70 valence electrons. The molecule has 2 heteroatoms. The fraction of sp³-hybridized carbons (Fsp3) is 0.800. The van der Waals surface area contributed by atoms with Gasteiger partial charge >= 0.3 is 0 Å². The summed E-state index contributed by atoms with van der Waals surface area (Å²) in [6.45, 7) is 7.17. The van der Waals surface area contributed by atoms with Gasteiger partial charge in [0.2, 0.25) is 0 Å². The Morgan fingerprint density at radius 2 is 2.33 bits per heavy atom. The summed E-state index contributed by atoms with van der Waals surface area (Å²) in [5.41, 5.74) is 0. The van der Waals surface area contributed by atoms with Crippen molar-refractivity contribution in [1.29, 1.82) is 0 Å². The van der Waals surface area contributed by atoms with Gasteiger partial charge in [-0.15, -0.1) is 0 Å². The lowest BCUT2D eigenvalue weighted by Crippen LogP contribution is -2.24. The van der Waals surface area contributed by atoms with Crippen molar-refractivity contribution < 1.29 is 9.47 Å². The molecule has 0 aromatic carbocycles. The molecule has 0 amide bonds. The quantitative estimate of drug-likeness (QED) is 0.648. The van der Waals surface area contributed by atoms with Crippen LogP contribution in [0.25, 0.3) is 0 Å². The Hall–Kier alpha value is -0.500. The predicted octanol–water partition coefficient (Wildman–Crippen LogP) is 2.56. The van der Waals surface area contributed by atoms with Gasteiger partial charge in [-0.2, -0.15) is 0 Å². The molecule has 0 saturated heterocycles. The van der Waals surface area contributed by atoms with Crippen molar-refractivity contribution in [2.75, 3.05) is 6.61 Å². The predicted molar refractivity (Wildman–Crippen MR) is 48.6 cm³/mol. The Morgan fingerprint density at radius 1 is 1.58 bits per heavy atom. The molecule has 1 aliphatic heterocycles. The van der Waals surface area contributed by atoms with Crippen LogP contribution in [-0.4, -0.2) is 12.9 Å². The summed E-state index contributed by atoms with van der Waals surface area (Å²) in [5, 5.41) is 0. The van der Waals surface area contributed by atoms with Gasteiger partial charge < -0.3 is 9.47 Å². The smallest absolute Gasteiger partial charge is 0.199 e. The highest BCUT2D eigenvalue weighted by Crippen LogP contribution is 2.24. The molecular formula is C10H18O2. The Kier molecular flexibility index (Phi) is 3.60. The van der Waals surface area contributed by atoms with Gasteiger partial charge in [-0.25, -0.2) is 0 Å². The molecule has 1 rings (SSSR count). The van der Waals surface area contributed by atoms with E-state index < -0.39 is 0 Å². The van der Waals surface area contributed by atoms with E-state index in [-0.39, 0.29) is 6.29 Å². The fourth-order valence-electron chi connectivity index (χ4n) is 1.38. The van der Waals surface area contributed by atoms with E-state index in [1.807, 2.05) is 6.92 Å². The van der Waals surface area contributed by atoms with Crippen molar-refractivity contribution in [3.05, 3.63) is 12.3 Å². The average molecular weight is 170 g/mol. The van der Waals surface area contributed by atoms with E-state index >= 15 is 0 Å². The highest BCUT2D eigenvalue weighted by molar-refractivity contribution is 4.89.